The van der Waals surface area contributed by atoms with Crippen LogP contribution in [-0.2, 0) is 4.79 Å². The molecular weight excluding hydrogens is 444 g/mol. The van der Waals surface area contributed by atoms with Gasteiger partial charge in [-0.15, -0.1) is 0 Å². The molecule has 0 spiro atoms. The van der Waals surface area contributed by atoms with Crippen LogP contribution >= 0.6 is 35.0 Å². The summed E-state index contributed by atoms with van der Waals surface area (Å²) in [6.45, 7) is 3.88. The zero-order chi connectivity index (χ0) is 21.4. The number of aromatic nitrogens is 1. The highest BCUT2D eigenvalue weighted by atomic mass is 35.5. The van der Waals surface area contributed by atoms with E-state index in [-0.39, 0.29) is 10.9 Å². The van der Waals surface area contributed by atoms with E-state index in [4.69, 9.17) is 23.2 Å². The van der Waals surface area contributed by atoms with Crippen LogP contribution in [-0.4, -0.2) is 15.6 Å². The fourth-order valence-corrected chi connectivity index (χ4v) is 4.43. The monoisotopic (exact) mass is 459 g/mol. The maximum atomic E-state index is 13.5. The fourth-order valence-electron chi connectivity index (χ4n) is 3.24. The average molecular weight is 460 g/mol. The Morgan fingerprint density at radius 2 is 1.93 bits per heavy atom. The SMILES string of the molecule is Cc1cc(/C=C2\SC(=Nc3cccc(Cl)c3)NC2=O)c(C)n1-c1ccc(F)c(Cl)c1. The molecule has 4 rings (SSSR count). The molecule has 1 amide bonds. The van der Waals surface area contributed by atoms with Crippen LogP contribution in [0.3, 0.4) is 0 Å². The third kappa shape index (κ3) is 4.17. The Hall–Kier alpha value is -2.54. The van der Waals surface area contributed by atoms with Crippen LogP contribution in [0.1, 0.15) is 17.0 Å². The summed E-state index contributed by atoms with van der Waals surface area (Å²) in [5.74, 6) is -0.675. The Labute approximate surface area is 187 Å². The van der Waals surface area contributed by atoms with E-state index < -0.39 is 5.82 Å². The van der Waals surface area contributed by atoms with Crippen LogP contribution in [0.4, 0.5) is 10.1 Å². The summed E-state index contributed by atoms with van der Waals surface area (Å²) in [6.07, 6.45) is 1.82. The van der Waals surface area contributed by atoms with Crippen LogP contribution in [0.5, 0.6) is 0 Å². The second-order valence-electron chi connectivity index (χ2n) is 6.72. The van der Waals surface area contributed by atoms with Crippen LogP contribution in [0, 0.1) is 19.7 Å². The van der Waals surface area contributed by atoms with Gasteiger partial charge in [-0.1, -0.05) is 29.3 Å². The van der Waals surface area contributed by atoms with E-state index in [0.29, 0.717) is 20.8 Å². The van der Waals surface area contributed by atoms with Crippen molar-refractivity contribution in [2.75, 3.05) is 0 Å². The van der Waals surface area contributed by atoms with Crippen molar-refractivity contribution in [2.45, 2.75) is 13.8 Å². The van der Waals surface area contributed by atoms with E-state index in [0.717, 1.165) is 22.6 Å². The van der Waals surface area contributed by atoms with Crippen molar-refractivity contribution in [1.29, 1.82) is 0 Å². The van der Waals surface area contributed by atoms with Gasteiger partial charge < -0.3 is 9.88 Å². The molecule has 0 unspecified atom stereocenters. The van der Waals surface area contributed by atoms with Gasteiger partial charge in [0.25, 0.3) is 5.91 Å². The zero-order valence-electron chi connectivity index (χ0n) is 16.0. The minimum absolute atomic E-state index is 0.0625. The molecule has 0 atom stereocenters. The second-order valence-corrected chi connectivity index (χ2v) is 8.60. The summed E-state index contributed by atoms with van der Waals surface area (Å²) in [6, 6.07) is 13.7. The van der Waals surface area contributed by atoms with Crippen LogP contribution in [0.15, 0.2) is 58.4 Å². The fraction of sp³-hybridized carbons (Fsp3) is 0.0909. The van der Waals surface area contributed by atoms with Crippen molar-refractivity contribution < 1.29 is 9.18 Å². The Kier molecular flexibility index (Phi) is 5.73. The van der Waals surface area contributed by atoms with Crippen molar-refractivity contribution in [2.24, 2.45) is 4.99 Å². The van der Waals surface area contributed by atoms with Gasteiger partial charge in [-0.25, -0.2) is 9.38 Å². The molecule has 1 saturated heterocycles. The number of halogens is 3. The first kappa shape index (κ1) is 20.7. The van der Waals surface area contributed by atoms with Crippen molar-refractivity contribution in [1.82, 2.24) is 9.88 Å². The second kappa shape index (κ2) is 8.30. The molecule has 0 bridgehead atoms. The predicted molar refractivity (Wildman–Crippen MR) is 122 cm³/mol. The highest BCUT2D eigenvalue weighted by Crippen LogP contribution is 2.31. The van der Waals surface area contributed by atoms with Crippen molar-refractivity contribution in [3.8, 4) is 5.69 Å². The third-order valence-corrected chi connectivity index (χ3v) is 6.04. The highest BCUT2D eigenvalue weighted by Gasteiger charge is 2.24. The standard InChI is InChI=1S/C22H16Cl2FN3OS/c1-12-8-14(13(2)28(12)17-6-7-19(25)18(24)11-17)9-20-21(29)27-22(30-20)26-16-5-3-4-15(23)10-16/h3-11H,1-2H3,(H,26,27,29)/b20-9-. The van der Waals surface area contributed by atoms with Gasteiger partial charge in [0.1, 0.15) is 5.82 Å². The highest BCUT2D eigenvalue weighted by molar-refractivity contribution is 8.18. The summed E-state index contributed by atoms with van der Waals surface area (Å²) in [5.41, 5.74) is 4.16. The number of aryl methyl sites for hydroxylation is 1. The number of amides is 1. The maximum absolute atomic E-state index is 13.5. The number of nitrogens with zero attached hydrogens (tertiary/aromatic N) is 2. The summed E-state index contributed by atoms with van der Waals surface area (Å²) in [7, 11) is 0. The van der Waals surface area contributed by atoms with Crippen LogP contribution < -0.4 is 5.32 Å². The Bertz CT molecular complexity index is 1230. The summed E-state index contributed by atoms with van der Waals surface area (Å²) in [4.78, 5) is 17.4. The van der Waals surface area contributed by atoms with Crippen molar-refractivity contribution in [3.05, 3.63) is 86.2 Å². The number of nitrogens with one attached hydrogen (secondary N) is 1. The van der Waals surface area contributed by atoms with Gasteiger partial charge in [0, 0.05) is 22.1 Å². The van der Waals surface area contributed by atoms with Gasteiger partial charge in [-0.05, 0) is 79.7 Å². The van der Waals surface area contributed by atoms with Gasteiger partial charge in [-0.3, -0.25) is 4.79 Å². The number of carbonyl (C=O) groups excluding carboxylic acids is 1. The number of benzene rings is 2. The van der Waals surface area contributed by atoms with Gasteiger partial charge >= 0.3 is 0 Å². The van der Waals surface area contributed by atoms with Gasteiger partial charge in [0.15, 0.2) is 5.17 Å². The lowest BCUT2D eigenvalue weighted by atomic mass is 10.2. The normalized spacial score (nSPS) is 16.5. The van der Waals surface area contributed by atoms with Crippen LogP contribution in [0.25, 0.3) is 11.8 Å². The average Bonchev–Trinajstić information content (AvgIpc) is 3.16. The van der Waals surface area contributed by atoms with E-state index in [1.54, 1.807) is 30.3 Å². The number of hydrogen-bond acceptors (Lipinski definition) is 3. The van der Waals surface area contributed by atoms with E-state index in [2.05, 4.69) is 10.3 Å². The Morgan fingerprint density at radius 1 is 1.13 bits per heavy atom. The van der Waals surface area contributed by atoms with Gasteiger partial charge in [0.05, 0.1) is 15.6 Å². The smallest absolute Gasteiger partial charge is 0.264 e. The molecule has 1 fully saturated rings. The lowest BCUT2D eigenvalue weighted by Gasteiger charge is -2.10. The predicted octanol–water partition coefficient (Wildman–Crippen LogP) is 6.43. The molecule has 2 aromatic carbocycles. The molecule has 0 saturated carbocycles. The minimum Gasteiger partial charge on any atom is -0.318 e. The maximum Gasteiger partial charge on any atom is 0.264 e. The van der Waals surface area contributed by atoms with Crippen molar-refractivity contribution in [3.63, 3.8) is 0 Å². The molecule has 4 nitrogen and oxygen atoms in total. The number of hydrogen-bond donors (Lipinski definition) is 1. The number of thioether (sulfide) groups is 1. The molecule has 0 radical (unpaired) electrons. The van der Waals surface area contributed by atoms with Crippen LogP contribution in [0.2, 0.25) is 10.0 Å². The molecule has 8 heteroatoms. The molecule has 1 aliphatic heterocycles. The number of amidine groups is 1. The van der Waals surface area contributed by atoms with E-state index in [1.807, 2.05) is 36.6 Å². The summed E-state index contributed by atoms with van der Waals surface area (Å²) >= 11 is 13.2. The first-order valence-corrected chi connectivity index (χ1v) is 10.6. The quantitative estimate of drug-likeness (QED) is 0.458. The van der Waals surface area contributed by atoms with E-state index in [1.165, 1.54) is 17.8 Å². The molecule has 152 valence electrons. The molecule has 3 aromatic rings. The first-order chi connectivity index (χ1) is 14.3. The Morgan fingerprint density at radius 3 is 2.67 bits per heavy atom. The molecule has 1 aliphatic rings. The first-order valence-electron chi connectivity index (χ1n) is 9.01. The molecular formula is C22H16Cl2FN3OS. The number of aliphatic imine (C=N–C) groups is 1. The number of rotatable bonds is 3. The summed E-state index contributed by atoms with van der Waals surface area (Å²) < 4.78 is 15.5. The topological polar surface area (TPSA) is 46.4 Å². The molecule has 1 aromatic heterocycles. The lowest BCUT2D eigenvalue weighted by molar-refractivity contribution is -0.115. The molecule has 2 heterocycles. The Balaban J connectivity index is 1.65. The lowest BCUT2D eigenvalue weighted by Crippen LogP contribution is -2.19. The van der Waals surface area contributed by atoms with Gasteiger partial charge in [-0.2, -0.15) is 0 Å². The minimum atomic E-state index is -0.462. The van der Waals surface area contributed by atoms with Gasteiger partial charge in [0.2, 0.25) is 0 Å². The zero-order valence-corrected chi connectivity index (χ0v) is 18.4. The molecule has 0 aliphatic carbocycles. The molecule has 1 N–H and O–H groups in total. The van der Waals surface area contributed by atoms with E-state index >= 15 is 0 Å². The largest absolute Gasteiger partial charge is 0.318 e. The van der Waals surface area contributed by atoms with Crippen molar-refractivity contribution >= 4 is 57.8 Å². The summed E-state index contributed by atoms with van der Waals surface area (Å²) in [5, 5.41) is 3.91. The number of carbonyl (C=O) groups is 1. The van der Waals surface area contributed by atoms with E-state index in [9.17, 15) is 9.18 Å². The molecule has 30 heavy (non-hydrogen) atoms. The third-order valence-electron chi connectivity index (χ3n) is 4.61.